The number of hydrogen-bond acceptors (Lipinski definition) is 10. The van der Waals surface area contributed by atoms with E-state index in [0.717, 1.165) is 18.3 Å². The highest BCUT2D eigenvalue weighted by atomic mass is 32.2. The maximum absolute atomic E-state index is 13.8. The number of carbonyl (C=O) groups excluding carboxylic acids is 3. The Bertz CT molecular complexity index is 1710. The summed E-state index contributed by atoms with van der Waals surface area (Å²) in [6.07, 6.45) is -0.711. The molecule has 3 aromatic carbocycles. The van der Waals surface area contributed by atoms with Crippen molar-refractivity contribution in [1.29, 1.82) is 0 Å². The monoisotopic (exact) mass is 718 g/mol. The minimum Gasteiger partial charge on any atom is -0.458 e. The summed E-state index contributed by atoms with van der Waals surface area (Å²) in [5.41, 5.74) is 1.55. The van der Waals surface area contributed by atoms with Crippen molar-refractivity contribution in [2.45, 2.75) is 80.5 Å². The van der Waals surface area contributed by atoms with Gasteiger partial charge < -0.3 is 28.5 Å². The molecule has 51 heavy (non-hydrogen) atoms. The number of ether oxygens (including phenoxy) is 5. The van der Waals surface area contributed by atoms with Crippen LogP contribution in [0.3, 0.4) is 0 Å². The Morgan fingerprint density at radius 3 is 2.12 bits per heavy atom. The average molecular weight is 719 g/mol. The molecule has 2 aliphatic rings. The zero-order valence-corrected chi connectivity index (χ0v) is 29.8. The summed E-state index contributed by atoms with van der Waals surface area (Å²) in [7, 11) is -2.28. The minimum absolute atomic E-state index is 0.0579. The first-order valence-electron chi connectivity index (χ1n) is 17.3. The van der Waals surface area contributed by atoms with Crippen LogP contribution in [0.4, 0.5) is 0 Å². The minimum atomic E-state index is -3.78. The van der Waals surface area contributed by atoms with Gasteiger partial charge in [0.2, 0.25) is 0 Å². The van der Waals surface area contributed by atoms with Gasteiger partial charge in [0, 0.05) is 32.3 Å². The van der Waals surface area contributed by atoms with Crippen molar-refractivity contribution in [2.75, 3.05) is 19.5 Å². The van der Waals surface area contributed by atoms with Gasteiger partial charge in [-0.2, -0.15) is 0 Å². The second-order valence-electron chi connectivity index (χ2n) is 13.2. The lowest BCUT2D eigenvalue weighted by atomic mass is 9.83. The fourth-order valence-corrected chi connectivity index (χ4v) is 8.62. The molecule has 11 heteroatoms. The van der Waals surface area contributed by atoms with E-state index in [0.29, 0.717) is 30.4 Å². The third kappa shape index (κ3) is 10.0. The van der Waals surface area contributed by atoms with Crippen LogP contribution in [-0.2, 0) is 38.3 Å². The Balaban J connectivity index is 1.41. The molecular formula is C40H46O10S. The zero-order valence-electron chi connectivity index (χ0n) is 29.0. The maximum atomic E-state index is 13.8. The smallest absolute Gasteiger partial charge is 0.338 e. The molecule has 2 fully saturated rings. The summed E-state index contributed by atoms with van der Waals surface area (Å²) >= 11 is 0. The average Bonchev–Trinajstić information content (AvgIpc) is 3.46. The van der Waals surface area contributed by atoms with Crippen LogP contribution in [0, 0.1) is 11.8 Å². The van der Waals surface area contributed by atoms with Gasteiger partial charge in [0.05, 0.1) is 52.3 Å². The molecule has 0 N–H and O–H groups in total. The molecule has 0 aliphatic carbocycles. The molecule has 0 aromatic heterocycles. The van der Waals surface area contributed by atoms with Gasteiger partial charge in [0.15, 0.2) is 9.84 Å². The van der Waals surface area contributed by atoms with Crippen LogP contribution in [0.2, 0.25) is 0 Å². The number of rotatable bonds is 16. The van der Waals surface area contributed by atoms with Crippen molar-refractivity contribution >= 4 is 28.1 Å². The van der Waals surface area contributed by atoms with Crippen molar-refractivity contribution < 1.29 is 46.5 Å². The Kier molecular flexibility index (Phi) is 13.3. The van der Waals surface area contributed by atoms with Crippen LogP contribution < -0.4 is 0 Å². The zero-order chi connectivity index (χ0) is 36.4. The Morgan fingerprint density at radius 1 is 0.902 bits per heavy atom. The van der Waals surface area contributed by atoms with Gasteiger partial charge in [-0.1, -0.05) is 68.1 Å². The van der Waals surface area contributed by atoms with Gasteiger partial charge in [-0.15, -0.1) is 0 Å². The van der Waals surface area contributed by atoms with E-state index in [4.69, 9.17) is 23.7 Å². The van der Waals surface area contributed by atoms with Crippen LogP contribution in [0.25, 0.3) is 0 Å². The van der Waals surface area contributed by atoms with E-state index < -0.39 is 58.2 Å². The van der Waals surface area contributed by atoms with Crippen molar-refractivity contribution in [1.82, 2.24) is 0 Å². The summed E-state index contributed by atoms with van der Waals surface area (Å²) in [5, 5.41) is 0. The topological polar surface area (TPSA) is 132 Å². The molecule has 0 spiro atoms. The first-order chi connectivity index (χ1) is 24.6. The molecule has 0 unspecified atom stereocenters. The standard InChI is InChI=1S/C40H46O10S/c1-27-22-31(18-13-21-41)48-35(28(27)2)24-36-34(26-51(44,45)33-19-11-6-12-20-33)38(46-3)37(50-36)23-32(49-40(43)30-16-9-5-10-17-30)25-47-39(42)29-14-7-4-8-15-29/h4-12,14-17,19-21,27,31-32,34-38H,2,13,18,22-26H2,1,3H3/t27-,31+,32+,34+,35-,36+,37-,38-/m1/s1. The van der Waals surface area contributed by atoms with Crippen molar-refractivity contribution in [2.24, 2.45) is 11.8 Å². The Labute approximate surface area is 300 Å². The first-order valence-corrected chi connectivity index (χ1v) is 19.0. The lowest BCUT2D eigenvalue weighted by Gasteiger charge is -2.37. The molecule has 0 amide bonds. The molecule has 5 rings (SSSR count). The number of sulfone groups is 1. The third-order valence-corrected chi connectivity index (χ3v) is 11.5. The van der Waals surface area contributed by atoms with Crippen LogP contribution in [0.5, 0.6) is 0 Å². The highest BCUT2D eigenvalue weighted by Gasteiger charge is 2.49. The molecule has 2 heterocycles. The number of esters is 2. The molecular weight excluding hydrogens is 672 g/mol. The quantitative estimate of drug-likeness (QED) is 0.0980. The van der Waals surface area contributed by atoms with E-state index in [-0.39, 0.29) is 35.7 Å². The molecule has 0 bridgehead atoms. The molecule has 0 radical (unpaired) electrons. The maximum Gasteiger partial charge on any atom is 0.338 e. The lowest BCUT2D eigenvalue weighted by molar-refractivity contribution is -0.110. The second-order valence-corrected chi connectivity index (χ2v) is 15.2. The van der Waals surface area contributed by atoms with E-state index in [1.807, 2.05) is 0 Å². The van der Waals surface area contributed by atoms with E-state index in [1.54, 1.807) is 91.0 Å². The summed E-state index contributed by atoms with van der Waals surface area (Å²) < 4.78 is 58.2. The van der Waals surface area contributed by atoms with Gasteiger partial charge >= 0.3 is 11.9 Å². The van der Waals surface area contributed by atoms with Gasteiger partial charge in [-0.25, -0.2) is 18.0 Å². The van der Waals surface area contributed by atoms with Crippen molar-refractivity contribution in [3.05, 3.63) is 114 Å². The number of carbonyl (C=O) groups is 3. The molecule has 272 valence electrons. The first kappa shape index (κ1) is 38.1. The highest BCUT2D eigenvalue weighted by molar-refractivity contribution is 7.91. The molecule has 2 saturated heterocycles. The van der Waals surface area contributed by atoms with Crippen LogP contribution >= 0.6 is 0 Å². The highest BCUT2D eigenvalue weighted by Crippen LogP contribution is 2.40. The Hall–Kier alpha value is -4.16. The SMILES string of the molecule is C=C1[C@H](C)C[C@H](CCC=O)O[C@@H]1C[C@@H]1O[C@H](C[C@@H](COC(=O)c2ccccc2)OC(=O)c2ccccc2)[C@H](OC)[C@H]1CS(=O)(=O)c1ccccc1. The van der Waals surface area contributed by atoms with E-state index in [2.05, 4.69) is 13.5 Å². The molecule has 8 atom stereocenters. The fourth-order valence-electron chi connectivity index (χ4n) is 6.94. The van der Waals surface area contributed by atoms with Crippen LogP contribution in [0.15, 0.2) is 108 Å². The van der Waals surface area contributed by atoms with Gasteiger partial charge in [0.1, 0.15) is 19.0 Å². The summed E-state index contributed by atoms with van der Waals surface area (Å²) in [5.74, 6) is -1.96. The summed E-state index contributed by atoms with van der Waals surface area (Å²) in [6, 6.07) is 25.2. The van der Waals surface area contributed by atoms with E-state index in [9.17, 15) is 22.8 Å². The van der Waals surface area contributed by atoms with Crippen molar-refractivity contribution in [3.8, 4) is 0 Å². The van der Waals surface area contributed by atoms with Gasteiger partial charge in [0.25, 0.3) is 0 Å². The van der Waals surface area contributed by atoms with Crippen molar-refractivity contribution in [3.63, 3.8) is 0 Å². The fraction of sp³-hybridized carbons (Fsp3) is 0.425. The van der Waals surface area contributed by atoms with E-state index >= 15 is 0 Å². The number of hydrogen-bond donors (Lipinski definition) is 0. The summed E-state index contributed by atoms with van der Waals surface area (Å²) in [6.45, 7) is 6.12. The predicted octanol–water partition coefficient (Wildman–Crippen LogP) is 6.05. The molecule has 3 aromatic rings. The van der Waals surface area contributed by atoms with Gasteiger partial charge in [-0.3, -0.25) is 0 Å². The number of aldehydes is 1. The van der Waals surface area contributed by atoms with Crippen LogP contribution in [0.1, 0.15) is 59.7 Å². The molecule has 2 aliphatic heterocycles. The van der Waals surface area contributed by atoms with Crippen LogP contribution in [-0.4, -0.2) is 82.7 Å². The largest absolute Gasteiger partial charge is 0.458 e. The third-order valence-electron chi connectivity index (χ3n) is 9.66. The lowest BCUT2D eigenvalue weighted by Crippen LogP contribution is -2.40. The Morgan fingerprint density at radius 2 is 1.51 bits per heavy atom. The predicted molar refractivity (Wildman–Crippen MR) is 190 cm³/mol. The van der Waals surface area contributed by atoms with E-state index in [1.165, 1.54) is 7.11 Å². The summed E-state index contributed by atoms with van der Waals surface area (Å²) in [4.78, 5) is 37.4. The molecule has 10 nitrogen and oxygen atoms in total. The number of methoxy groups -OCH3 is 1. The second kappa shape index (κ2) is 17.9. The molecule has 0 saturated carbocycles. The number of benzene rings is 3. The normalized spacial score (nSPS) is 25.5. The van der Waals surface area contributed by atoms with Gasteiger partial charge in [-0.05, 0) is 60.7 Å².